The second kappa shape index (κ2) is 19.3. The van der Waals surface area contributed by atoms with Crippen molar-refractivity contribution < 1.29 is 81.0 Å². The maximum absolute atomic E-state index is 12.5. The number of nitrogens with one attached hydrogen (secondary N) is 2. The number of nitroso groups, excluding NO2 is 2. The van der Waals surface area contributed by atoms with Gasteiger partial charge in [-0.15, -0.1) is 9.81 Å². The summed E-state index contributed by atoms with van der Waals surface area (Å²) in [6, 6.07) is -2.13. The predicted molar refractivity (Wildman–Crippen MR) is 166 cm³/mol. The first-order chi connectivity index (χ1) is 24.7. The lowest BCUT2D eigenvalue weighted by atomic mass is 9.97. The fraction of sp³-hybridized carbons (Fsp3) is 0.714. The molecular weight excluding hydrogens is 724 g/mol. The Bertz CT molecular complexity index is 1430. The van der Waals surface area contributed by atoms with E-state index in [1.165, 1.54) is 0 Å². The van der Waals surface area contributed by atoms with E-state index in [9.17, 15) is 48.2 Å². The molecule has 2 aliphatic rings. The Labute approximate surface area is 300 Å². The fourth-order valence-electron chi connectivity index (χ4n) is 5.10. The third-order valence-electron chi connectivity index (χ3n) is 7.08. The van der Waals surface area contributed by atoms with Crippen LogP contribution in [0.3, 0.4) is 0 Å². The van der Waals surface area contributed by atoms with Crippen LogP contribution in [0.15, 0.2) is 10.6 Å². The molecule has 0 aromatic rings. The Morgan fingerprint density at radius 2 is 1.04 bits per heavy atom. The number of rotatable bonds is 15. The van der Waals surface area contributed by atoms with E-state index in [-0.39, 0.29) is 0 Å². The number of esters is 6. The quantitative estimate of drug-likeness (QED) is 0.0846. The number of amides is 4. The molecule has 0 aromatic carbocycles. The van der Waals surface area contributed by atoms with Crippen LogP contribution in [0, 0.1) is 9.81 Å². The number of ether oxygens (including phenoxy) is 9. The highest BCUT2D eigenvalue weighted by Gasteiger charge is 2.64. The van der Waals surface area contributed by atoms with Gasteiger partial charge < -0.3 is 53.3 Å². The van der Waals surface area contributed by atoms with Crippen LogP contribution in [-0.4, -0.2) is 146 Å². The number of urea groups is 2. The summed E-state index contributed by atoms with van der Waals surface area (Å²) in [5.41, 5.74) is 0. The summed E-state index contributed by atoms with van der Waals surface area (Å²) in [7, 11) is 2.02. The van der Waals surface area contributed by atoms with Crippen LogP contribution in [0.4, 0.5) is 9.59 Å². The van der Waals surface area contributed by atoms with Gasteiger partial charge in [-0.1, -0.05) is 0 Å². The molecule has 25 heteroatoms. The maximum Gasteiger partial charge on any atom is 0.340 e. The average Bonchev–Trinajstić information content (AvgIpc) is 3.32. The summed E-state index contributed by atoms with van der Waals surface area (Å²) >= 11 is 0. The minimum Gasteiger partial charge on any atom is -0.460 e. The molecular formula is C28H40N6O19. The highest BCUT2D eigenvalue weighted by atomic mass is 16.8. The van der Waals surface area contributed by atoms with Crippen molar-refractivity contribution in [1.82, 2.24) is 20.7 Å². The van der Waals surface area contributed by atoms with E-state index in [1.807, 2.05) is 0 Å². The lowest BCUT2D eigenvalue weighted by Crippen LogP contribution is -2.66. The Balaban J connectivity index is 2.81. The van der Waals surface area contributed by atoms with Gasteiger partial charge in [-0.2, -0.15) is 10.0 Å². The van der Waals surface area contributed by atoms with Crippen molar-refractivity contribution in [2.24, 2.45) is 10.6 Å². The molecule has 53 heavy (non-hydrogen) atoms. The van der Waals surface area contributed by atoms with Gasteiger partial charge in [-0.25, -0.2) is 9.59 Å². The van der Waals surface area contributed by atoms with Gasteiger partial charge in [0, 0.05) is 68.7 Å². The standard InChI is InChI=1S/C28H40N6O19/c1-12(35)45-11-28(24(50-17(6)40)21(47-14(3)37)19(52-28)10-30-27(42)34(8)32-44)53-25-23(49-16(5)39)22(48-15(4)38)20(46-13(2)36)18(51-25)9-29-26(41)33(7)31-43/h18-25H,9-11H2,1-8H3,(H,29,41)(H,30,42)/t18-,19-,20+,21+,22+,23+,24-,25+,28-/m1/s1. The lowest BCUT2D eigenvalue weighted by Gasteiger charge is -2.46. The highest BCUT2D eigenvalue weighted by Crippen LogP contribution is 2.41. The van der Waals surface area contributed by atoms with Crippen molar-refractivity contribution in [3.8, 4) is 0 Å². The van der Waals surface area contributed by atoms with Crippen LogP contribution in [0.2, 0.25) is 0 Å². The fourth-order valence-corrected chi connectivity index (χ4v) is 5.10. The summed E-state index contributed by atoms with van der Waals surface area (Å²) in [5.74, 6) is -8.51. The molecule has 0 unspecified atom stereocenters. The Morgan fingerprint density at radius 1 is 0.604 bits per heavy atom. The zero-order valence-corrected chi connectivity index (χ0v) is 29.8. The summed E-state index contributed by atoms with van der Waals surface area (Å²) in [6.45, 7) is 3.57. The van der Waals surface area contributed by atoms with Crippen LogP contribution in [0.1, 0.15) is 41.5 Å². The molecule has 0 aromatic heterocycles. The van der Waals surface area contributed by atoms with E-state index in [2.05, 4.69) is 21.2 Å². The number of carbonyl (C=O) groups is 8. The van der Waals surface area contributed by atoms with Crippen LogP contribution in [0.5, 0.6) is 0 Å². The van der Waals surface area contributed by atoms with Crippen molar-refractivity contribution in [1.29, 1.82) is 0 Å². The zero-order chi connectivity index (χ0) is 40.2. The van der Waals surface area contributed by atoms with E-state index >= 15 is 0 Å². The van der Waals surface area contributed by atoms with Crippen LogP contribution < -0.4 is 10.6 Å². The summed E-state index contributed by atoms with van der Waals surface area (Å²) < 4.78 is 50.6. The molecule has 2 aliphatic heterocycles. The number of carbonyl (C=O) groups excluding carboxylic acids is 8. The van der Waals surface area contributed by atoms with Gasteiger partial charge in [-0.05, 0) is 0 Å². The van der Waals surface area contributed by atoms with Crippen molar-refractivity contribution in [2.75, 3.05) is 33.8 Å². The first-order valence-electron chi connectivity index (χ1n) is 15.4. The minimum atomic E-state index is -2.60. The summed E-state index contributed by atoms with van der Waals surface area (Å²) in [5, 5.41) is 10.2. The van der Waals surface area contributed by atoms with Crippen molar-refractivity contribution in [2.45, 2.75) is 96.3 Å². The molecule has 2 heterocycles. The van der Waals surface area contributed by atoms with Gasteiger partial charge in [0.25, 0.3) is 0 Å². The van der Waals surface area contributed by atoms with Crippen molar-refractivity contribution in [3.05, 3.63) is 9.81 Å². The largest absolute Gasteiger partial charge is 0.460 e. The van der Waals surface area contributed by atoms with Crippen molar-refractivity contribution in [3.63, 3.8) is 0 Å². The summed E-state index contributed by atoms with van der Waals surface area (Å²) in [6.07, 6.45) is -14.0. The van der Waals surface area contributed by atoms with Gasteiger partial charge in [0.1, 0.15) is 18.8 Å². The van der Waals surface area contributed by atoms with E-state index in [0.717, 1.165) is 55.6 Å². The smallest absolute Gasteiger partial charge is 0.340 e. The van der Waals surface area contributed by atoms with E-state index in [1.54, 1.807) is 0 Å². The van der Waals surface area contributed by atoms with E-state index in [4.69, 9.17) is 42.6 Å². The normalized spacial score (nSPS) is 27.5. The molecule has 2 fully saturated rings. The van der Waals surface area contributed by atoms with Gasteiger partial charge in [0.2, 0.25) is 12.1 Å². The molecule has 0 saturated carbocycles. The molecule has 2 N–H and O–H groups in total. The predicted octanol–water partition coefficient (Wildman–Crippen LogP) is -1.31. The second-order valence-electron chi connectivity index (χ2n) is 11.3. The molecule has 296 valence electrons. The SMILES string of the molecule is CC(=O)OC[C@]1(O[C@@H]2O[C@H](CNC(=O)N(C)N=O)[C@H](OC(C)=O)[C@H](OC(C)=O)[C@@H]2OC(C)=O)O[C@H](CNC(=O)N(C)N=O)[C@H](OC(C)=O)[C@H]1OC(C)=O. The van der Waals surface area contributed by atoms with Gasteiger partial charge >= 0.3 is 47.9 Å². The van der Waals surface area contributed by atoms with Gasteiger partial charge in [0.15, 0.2) is 30.5 Å². The molecule has 0 aliphatic carbocycles. The van der Waals surface area contributed by atoms with Crippen LogP contribution in [0.25, 0.3) is 0 Å². The van der Waals surface area contributed by atoms with Crippen molar-refractivity contribution >= 4 is 47.9 Å². The Kier molecular flexibility index (Phi) is 15.9. The molecule has 0 spiro atoms. The monoisotopic (exact) mass is 764 g/mol. The van der Waals surface area contributed by atoms with Gasteiger partial charge in [-0.3, -0.25) is 28.8 Å². The third-order valence-corrected chi connectivity index (χ3v) is 7.08. The molecule has 9 atom stereocenters. The lowest BCUT2D eigenvalue weighted by molar-refractivity contribution is -0.381. The van der Waals surface area contributed by atoms with Crippen LogP contribution >= 0.6 is 0 Å². The minimum absolute atomic E-state index is 0.365. The zero-order valence-electron chi connectivity index (χ0n) is 29.8. The second-order valence-corrected chi connectivity index (χ2v) is 11.3. The molecule has 0 bridgehead atoms. The topological polar surface area (TPSA) is 309 Å². The number of nitrogens with zero attached hydrogens (tertiary/aromatic N) is 4. The summed E-state index contributed by atoms with van der Waals surface area (Å²) in [4.78, 5) is 120. The highest BCUT2D eigenvalue weighted by molar-refractivity contribution is 5.74. The third kappa shape index (κ3) is 12.3. The first-order valence-corrected chi connectivity index (χ1v) is 15.4. The van der Waals surface area contributed by atoms with E-state index < -0.39 is 122 Å². The Hall–Kier alpha value is -5.56. The number of hydrogen-bond donors (Lipinski definition) is 2. The van der Waals surface area contributed by atoms with Crippen LogP contribution in [-0.2, 0) is 71.4 Å². The maximum atomic E-state index is 12.5. The molecule has 2 saturated heterocycles. The Morgan fingerprint density at radius 3 is 1.49 bits per heavy atom. The number of hydrogen-bond acceptors (Lipinski definition) is 21. The molecule has 2 rings (SSSR count). The first kappa shape index (κ1) is 43.6. The average molecular weight is 765 g/mol. The molecule has 4 amide bonds. The van der Waals surface area contributed by atoms with E-state index in [0.29, 0.717) is 10.0 Å². The van der Waals surface area contributed by atoms with Gasteiger partial charge in [0.05, 0.1) is 10.6 Å². The molecule has 25 nitrogen and oxygen atoms in total. The molecule has 0 radical (unpaired) electrons.